The number of halogens is 2. The summed E-state index contributed by atoms with van der Waals surface area (Å²) in [6.45, 7) is 0. The summed E-state index contributed by atoms with van der Waals surface area (Å²) in [6, 6.07) is 7.92. The normalized spacial score (nSPS) is 9.18. The minimum atomic E-state index is 0.456. The molecule has 0 aliphatic carbocycles. The van der Waals surface area contributed by atoms with Crippen LogP contribution in [-0.4, -0.2) is 0 Å². The lowest BCUT2D eigenvalue weighted by atomic mass is 10.2. The highest BCUT2D eigenvalue weighted by molar-refractivity contribution is 9.11. The topological polar surface area (TPSA) is 23.8 Å². The van der Waals surface area contributed by atoms with Gasteiger partial charge in [-0.25, -0.2) is 0 Å². The molecule has 3 heteroatoms. The zero-order chi connectivity index (χ0) is 8.27. The molecule has 0 atom stereocenters. The first-order valence-corrected chi connectivity index (χ1v) is 4.63. The van der Waals surface area contributed by atoms with Crippen LogP contribution in [0, 0.1) is 11.3 Å². The Morgan fingerprint density at radius 1 is 1.18 bits per heavy atom. The van der Waals surface area contributed by atoms with Gasteiger partial charge in [-0.2, -0.15) is 5.26 Å². The molecule has 0 unspecified atom stereocenters. The molecule has 1 aromatic rings. The summed E-state index contributed by atoms with van der Waals surface area (Å²) >= 11 is 6.69. The van der Waals surface area contributed by atoms with E-state index in [1.165, 1.54) is 0 Å². The van der Waals surface area contributed by atoms with Gasteiger partial charge < -0.3 is 0 Å². The van der Waals surface area contributed by atoms with Crippen molar-refractivity contribution in [3.8, 4) is 6.07 Å². The fourth-order valence-corrected chi connectivity index (χ4v) is 2.19. The van der Waals surface area contributed by atoms with E-state index in [1.54, 1.807) is 0 Å². The summed E-state index contributed by atoms with van der Waals surface area (Å²) in [5.74, 6) is 0. The monoisotopic (exact) mass is 273 g/mol. The maximum Gasteiger partial charge on any atom is 0.0669 e. The third kappa shape index (κ3) is 2.64. The highest BCUT2D eigenvalue weighted by atomic mass is 79.9. The molecule has 1 aromatic carbocycles. The predicted octanol–water partition coefficient (Wildman–Crippen LogP) is 3.28. The number of rotatable bonds is 1. The van der Waals surface area contributed by atoms with Gasteiger partial charge in [-0.3, -0.25) is 0 Å². The molecule has 0 fully saturated rings. The van der Waals surface area contributed by atoms with Crippen LogP contribution in [0.1, 0.15) is 5.56 Å². The van der Waals surface area contributed by atoms with Gasteiger partial charge in [0, 0.05) is 8.95 Å². The molecule has 0 radical (unpaired) electrons. The van der Waals surface area contributed by atoms with Gasteiger partial charge in [-0.15, -0.1) is 0 Å². The van der Waals surface area contributed by atoms with Crippen LogP contribution in [0.15, 0.2) is 27.1 Å². The molecule has 11 heavy (non-hydrogen) atoms. The first-order valence-electron chi connectivity index (χ1n) is 3.04. The molecule has 0 saturated heterocycles. The van der Waals surface area contributed by atoms with Crippen LogP contribution in [0.4, 0.5) is 0 Å². The van der Waals surface area contributed by atoms with E-state index in [-0.39, 0.29) is 0 Å². The summed E-state index contributed by atoms with van der Waals surface area (Å²) in [5, 5.41) is 8.42. The van der Waals surface area contributed by atoms with Crippen molar-refractivity contribution in [2.45, 2.75) is 6.42 Å². The van der Waals surface area contributed by atoms with E-state index in [0.29, 0.717) is 6.42 Å². The molecule has 1 rings (SSSR count). The third-order valence-electron chi connectivity index (χ3n) is 1.21. The van der Waals surface area contributed by atoms with Crippen LogP contribution < -0.4 is 0 Å². The van der Waals surface area contributed by atoms with Crippen LogP contribution in [0.3, 0.4) is 0 Å². The number of benzene rings is 1. The zero-order valence-corrected chi connectivity index (χ0v) is 8.81. The summed E-state index contributed by atoms with van der Waals surface area (Å²) < 4.78 is 1.99. The average molecular weight is 275 g/mol. The second-order valence-corrected chi connectivity index (χ2v) is 3.94. The number of nitriles is 1. The lowest BCUT2D eigenvalue weighted by Gasteiger charge is -1.96. The number of hydrogen-bond acceptors (Lipinski definition) is 1. The largest absolute Gasteiger partial charge is 0.198 e. The summed E-state index contributed by atoms with van der Waals surface area (Å²) in [5.41, 5.74) is 1.02. The van der Waals surface area contributed by atoms with Crippen LogP contribution in [0.25, 0.3) is 0 Å². The highest BCUT2D eigenvalue weighted by Crippen LogP contribution is 2.19. The lowest BCUT2D eigenvalue weighted by Crippen LogP contribution is -1.80. The van der Waals surface area contributed by atoms with E-state index in [0.717, 1.165) is 14.5 Å². The Morgan fingerprint density at radius 3 is 2.18 bits per heavy atom. The van der Waals surface area contributed by atoms with Crippen molar-refractivity contribution in [2.75, 3.05) is 0 Å². The molecule has 1 nitrogen and oxygen atoms in total. The molecule has 0 saturated carbocycles. The third-order valence-corrected chi connectivity index (χ3v) is 2.12. The Morgan fingerprint density at radius 2 is 1.73 bits per heavy atom. The summed E-state index contributed by atoms with van der Waals surface area (Å²) in [7, 11) is 0. The first kappa shape index (κ1) is 8.76. The van der Waals surface area contributed by atoms with Crippen molar-refractivity contribution in [1.29, 1.82) is 5.26 Å². The number of hydrogen-bond donors (Lipinski definition) is 0. The van der Waals surface area contributed by atoms with Gasteiger partial charge in [0.1, 0.15) is 0 Å². The fourth-order valence-electron chi connectivity index (χ4n) is 0.804. The summed E-state index contributed by atoms with van der Waals surface area (Å²) in [4.78, 5) is 0. The number of nitrogens with zero attached hydrogens (tertiary/aromatic N) is 1. The van der Waals surface area contributed by atoms with Crippen LogP contribution >= 0.6 is 31.9 Å². The molecule has 0 amide bonds. The van der Waals surface area contributed by atoms with Crippen molar-refractivity contribution < 1.29 is 0 Å². The Hall–Kier alpha value is -0.330. The average Bonchev–Trinajstić information content (AvgIpc) is 1.85. The standard InChI is InChI=1S/C8H5Br2N/c9-7-3-6(1-2-11)4-8(10)5-7/h3-5H,1H2. The summed E-state index contributed by atoms with van der Waals surface area (Å²) in [6.07, 6.45) is 0.456. The molecule has 0 N–H and O–H groups in total. The van der Waals surface area contributed by atoms with Gasteiger partial charge in [0.2, 0.25) is 0 Å². The van der Waals surface area contributed by atoms with Crippen molar-refractivity contribution in [2.24, 2.45) is 0 Å². The van der Waals surface area contributed by atoms with Crippen LogP contribution in [0.2, 0.25) is 0 Å². The van der Waals surface area contributed by atoms with Gasteiger partial charge in [0.25, 0.3) is 0 Å². The van der Waals surface area contributed by atoms with Gasteiger partial charge in [0.15, 0.2) is 0 Å². The van der Waals surface area contributed by atoms with Crippen LogP contribution in [-0.2, 0) is 6.42 Å². The van der Waals surface area contributed by atoms with E-state index in [2.05, 4.69) is 37.9 Å². The van der Waals surface area contributed by atoms with E-state index in [1.807, 2.05) is 18.2 Å². The molecule has 0 aliphatic heterocycles. The lowest BCUT2D eigenvalue weighted by molar-refractivity contribution is 1.25. The molecular formula is C8H5Br2N. The van der Waals surface area contributed by atoms with Gasteiger partial charge in [0.05, 0.1) is 12.5 Å². The Bertz CT molecular complexity index is 281. The minimum Gasteiger partial charge on any atom is -0.198 e. The molecule has 0 aliphatic rings. The van der Waals surface area contributed by atoms with Gasteiger partial charge in [-0.05, 0) is 23.8 Å². The fraction of sp³-hybridized carbons (Fsp3) is 0.125. The molecule has 0 aromatic heterocycles. The predicted molar refractivity (Wildman–Crippen MR) is 51.2 cm³/mol. The van der Waals surface area contributed by atoms with Crippen molar-refractivity contribution >= 4 is 31.9 Å². The Labute approximate surface area is 82.3 Å². The molecular weight excluding hydrogens is 270 g/mol. The van der Waals surface area contributed by atoms with E-state index >= 15 is 0 Å². The second-order valence-electron chi connectivity index (χ2n) is 2.11. The maximum absolute atomic E-state index is 8.42. The van der Waals surface area contributed by atoms with Gasteiger partial charge in [-0.1, -0.05) is 31.9 Å². The highest BCUT2D eigenvalue weighted by Gasteiger charge is 1.95. The zero-order valence-electron chi connectivity index (χ0n) is 5.64. The Balaban J connectivity index is 3.01. The SMILES string of the molecule is N#CCc1cc(Br)cc(Br)c1. The van der Waals surface area contributed by atoms with E-state index in [4.69, 9.17) is 5.26 Å². The minimum absolute atomic E-state index is 0.456. The van der Waals surface area contributed by atoms with Crippen molar-refractivity contribution in [3.63, 3.8) is 0 Å². The van der Waals surface area contributed by atoms with Crippen molar-refractivity contribution in [3.05, 3.63) is 32.7 Å². The smallest absolute Gasteiger partial charge is 0.0669 e. The van der Waals surface area contributed by atoms with E-state index < -0.39 is 0 Å². The van der Waals surface area contributed by atoms with E-state index in [9.17, 15) is 0 Å². The molecule has 0 spiro atoms. The second kappa shape index (κ2) is 3.89. The van der Waals surface area contributed by atoms with Crippen LogP contribution in [0.5, 0.6) is 0 Å². The Kier molecular flexibility index (Phi) is 3.10. The maximum atomic E-state index is 8.42. The quantitative estimate of drug-likeness (QED) is 0.771. The molecule has 0 bridgehead atoms. The molecule has 56 valence electrons. The van der Waals surface area contributed by atoms with Gasteiger partial charge >= 0.3 is 0 Å². The van der Waals surface area contributed by atoms with Crippen molar-refractivity contribution in [1.82, 2.24) is 0 Å². The first-order chi connectivity index (χ1) is 5.22. The molecule has 0 heterocycles.